The van der Waals surface area contributed by atoms with Crippen LogP contribution in [0.15, 0.2) is 206 Å². The molecule has 2 heteroatoms. The number of benzene rings is 9. The summed E-state index contributed by atoms with van der Waals surface area (Å²) in [5.41, 5.74) is 22.5. The van der Waals surface area contributed by atoms with Crippen molar-refractivity contribution in [1.29, 1.82) is 0 Å². The predicted octanol–water partition coefficient (Wildman–Crippen LogP) is 16.2. The topological polar surface area (TPSA) is 8.17 Å². The summed E-state index contributed by atoms with van der Waals surface area (Å²) in [6.45, 7) is 9.50. The average molecular weight is 795 g/mol. The molecule has 0 saturated carbocycles. The number of fused-ring (bicyclic) bond motifs is 9. The van der Waals surface area contributed by atoms with E-state index in [4.69, 9.17) is 0 Å². The maximum Gasteiger partial charge on any atom is 0.0541 e. The summed E-state index contributed by atoms with van der Waals surface area (Å²) >= 11 is 0. The largest absolute Gasteiger partial charge is 0.310 e. The van der Waals surface area contributed by atoms with Gasteiger partial charge < -0.3 is 9.47 Å². The van der Waals surface area contributed by atoms with Crippen LogP contribution in [0.1, 0.15) is 49.9 Å². The minimum Gasteiger partial charge on any atom is -0.310 e. The molecule has 0 unspecified atom stereocenters. The smallest absolute Gasteiger partial charge is 0.0541 e. The highest BCUT2D eigenvalue weighted by Gasteiger charge is 2.37. The molecule has 0 N–H and O–H groups in total. The third-order valence-corrected chi connectivity index (χ3v) is 14.0. The number of nitrogens with zero attached hydrogens (tertiary/aromatic N) is 2. The molecule has 2 aliphatic rings. The molecular weight excluding hydrogens is 749 g/mol. The van der Waals surface area contributed by atoms with Gasteiger partial charge in [-0.2, -0.15) is 0 Å². The number of aromatic nitrogens is 1. The first-order valence-corrected chi connectivity index (χ1v) is 21.8. The van der Waals surface area contributed by atoms with Crippen LogP contribution in [0.25, 0.3) is 72.0 Å². The number of rotatable bonds is 6. The first-order chi connectivity index (χ1) is 30.3. The Bertz CT molecular complexity index is 3400. The van der Waals surface area contributed by atoms with Crippen LogP contribution in [0.3, 0.4) is 0 Å². The first kappa shape index (κ1) is 36.4. The molecule has 2 nitrogen and oxygen atoms in total. The second kappa shape index (κ2) is 13.5. The molecule has 10 aromatic rings. The Morgan fingerprint density at radius 1 is 0.323 bits per heavy atom. The van der Waals surface area contributed by atoms with E-state index in [1.807, 2.05) is 0 Å². The van der Waals surface area contributed by atoms with Crippen LogP contribution in [0.4, 0.5) is 17.1 Å². The molecule has 9 aromatic carbocycles. The van der Waals surface area contributed by atoms with Crippen LogP contribution in [-0.2, 0) is 10.8 Å². The highest BCUT2D eigenvalue weighted by atomic mass is 15.1. The van der Waals surface area contributed by atoms with Crippen molar-refractivity contribution in [2.45, 2.75) is 38.5 Å². The minimum absolute atomic E-state index is 0.0543. The summed E-state index contributed by atoms with van der Waals surface area (Å²) in [6, 6.07) is 76.5. The predicted molar refractivity (Wildman–Crippen MR) is 261 cm³/mol. The lowest BCUT2D eigenvalue weighted by Gasteiger charge is -2.28. The lowest BCUT2D eigenvalue weighted by molar-refractivity contribution is 0.660. The molecule has 0 saturated heterocycles. The highest BCUT2D eigenvalue weighted by molar-refractivity contribution is 6.10. The lowest BCUT2D eigenvalue weighted by atomic mass is 9.81. The third kappa shape index (κ3) is 5.43. The van der Waals surface area contributed by atoms with Gasteiger partial charge in [-0.15, -0.1) is 0 Å². The minimum atomic E-state index is -0.227. The van der Waals surface area contributed by atoms with Gasteiger partial charge in [0, 0.05) is 44.4 Å². The van der Waals surface area contributed by atoms with E-state index >= 15 is 0 Å². The first-order valence-electron chi connectivity index (χ1n) is 21.8. The van der Waals surface area contributed by atoms with E-state index in [2.05, 4.69) is 243 Å². The van der Waals surface area contributed by atoms with Gasteiger partial charge in [0.15, 0.2) is 0 Å². The molecule has 0 bridgehead atoms. The zero-order chi connectivity index (χ0) is 41.7. The molecule has 1 heterocycles. The number of hydrogen-bond acceptors (Lipinski definition) is 1. The SMILES string of the molecule is CC1(C)c2ccccc2-c2ccc(-c3cccc(N(c4ccccc4)c4ccc5c(c4)C(C)(C)c4cc(-n6c7ccccc7c7cc(-c8ccccc8)ccc76)ccc4-5)c3)cc21. The van der Waals surface area contributed by atoms with Gasteiger partial charge in [-0.25, -0.2) is 0 Å². The van der Waals surface area contributed by atoms with E-state index in [0.717, 1.165) is 17.1 Å². The van der Waals surface area contributed by atoms with Crippen LogP contribution in [0, 0.1) is 0 Å². The van der Waals surface area contributed by atoms with Crippen LogP contribution >= 0.6 is 0 Å². The molecule has 12 rings (SSSR count). The van der Waals surface area contributed by atoms with Crippen molar-refractivity contribution in [3.8, 4) is 50.2 Å². The summed E-state index contributed by atoms with van der Waals surface area (Å²) in [5, 5.41) is 2.54. The summed E-state index contributed by atoms with van der Waals surface area (Å²) < 4.78 is 2.45. The fourth-order valence-electron chi connectivity index (χ4n) is 10.8. The van der Waals surface area contributed by atoms with Crippen molar-refractivity contribution in [3.63, 3.8) is 0 Å². The van der Waals surface area contributed by atoms with Gasteiger partial charge in [0.25, 0.3) is 0 Å². The normalized spacial score (nSPS) is 14.1. The Morgan fingerprint density at radius 3 is 1.68 bits per heavy atom. The molecule has 0 fully saturated rings. The van der Waals surface area contributed by atoms with E-state index < -0.39 is 0 Å². The molecule has 0 spiro atoms. The van der Waals surface area contributed by atoms with Gasteiger partial charge in [-0.3, -0.25) is 0 Å². The van der Waals surface area contributed by atoms with Gasteiger partial charge in [0.05, 0.1) is 11.0 Å². The standard InChI is InChI=1S/C60H46N2/c1-59(2)53-24-13-11-22-47(53)48-30-26-42(36-54(48)59)40-18-15-21-44(34-40)61(43-19-9-6-10-20-43)45-28-31-49-50-32-29-46(38-56(50)60(3,4)55(49)37-45)62-57-25-14-12-23-51(57)52-35-41(27-33-58(52)62)39-16-7-5-8-17-39/h5-38H,1-4H3. The highest BCUT2D eigenvalue weighted by Crippen LogP contribution is 2.53. The average Bonchev–Trinajstić information content (AvgIpc) is 3.85. The number of anilines is 3. The zero-order valence-corrected chi connectivity index (χ0v) is 35.5. The molecule has 2 aliphatic carbocycles. The molecule has 0 atom stereocenters. The number of hydrogen-bond donors (Lipinski definition) is 0. The molecule has 296 valence electrons. The molecule has 0 amide bonds. The van der Waals surface area contributed by atoms with Gasteiger partial charge in [0.2, 0.25) is 0 Å². The van der Waals surface area contributed by atoms with Gasteiger partial charge in [-0.1, -0.05) is 161 Å². The second-order valence-electron chi connectivity index (χ2n) is 18.2. The fourth-order valence-corrected chi connectivity index (χ4v) is 10.8. The molecular formula is C60H46N2. The van der Waals surface area contributed by atoms with Crippen LogP contribution in [0.2, 0.25) is 0 Å². The van der Waals surface area contributed by atoms with Gasteiger partial charge in [0.1, 0.15) is 0 Å². The van der Waals surface area contributed by atoms with Crippen molar-refractivity contribution < 1.29 is 0 Å². The Balaban J connectivity index is 0.939. The second-order valence-corrected chi connectivity index (χ2v) is 18.2. The Morgan fingerprint density at radius 2 is 0.855 bits per heavy atom. The lowest BCUT2D eigenvalue weighted by Crippen LogP contribution is -2.17. The Kier molecular flexibility index (Phi) is 7.96. The summed E-state index contributed by atoms with van der Waals surface area (Å²) in [7, 11) is 0. The van der Waals surface area contributed by atoms with Crippen molar-refractivity contribution in [1.82, 2.24) is 4.57 Å². The van der Waals surface area contributed by atoms with Crippen molar-refractivity contribution in [2.24, 2.45) is 0 Å². The van der Waals surface area contributed by atoms with Crippen LogP contribution < -0.4 is 4.90 Å². The van der Waals surface area contributed by atoms with E-state index in [9.17, 15) is 0 Å². The van der Waals surface area contributed by atoms with E-state index in [1.165, 1.54) is 94.3 Å². The monoisotopic (exact) mass is 794 g/mol. The van der Waals surface area contributed by atoms with Crippen molar-refractivity contribution in [3.05, 3.63) is 229 Å². The zero-order valence-electron chi connectivity index (χ0n) is 35.5. The third-order valence-electron chi connectivity index (χ3n) is 14.0. The van der Waals surface area contributed by atoms with Crippen LogP contribution in [-0.4, -0.2) is 4.57 Å². The number of para-hydroxylation sites is 2. The van der Waals surface area contributed by atoms with Gasteiger partial charge in [-0.05, 0) is 140 Å². The van der Waals surface area contributed by atoms with Crippen molar-refractivity contribution in [2.75, 3.05) is 4.90 Å². The Labute approximate surface area is 364 Å². The van der Waals surface area contributed by atoms with E-state index in [0.29, 0.717) is 0 Å². The Hall–Kier alpha value is -7.42. The molecule has 1 aromatic heterocycles. The fraction of sp³-hybridized carbons (Fsp3) is 0.100. The maximum absolute atomic E-state index is 2.45. The quantitative estimate of drug-likeness (QED) is 0.163. The molecule has 0 aliphatic heterocycles. The summed E-state index contributed by atoms with van der Waals surface area (Å²) in [4.78, 5) is 2.42. The molecule has 0 radical (unpaired) electrons. The van der Waals surface area contributed by atoms with E-state index in [-0.39, 0.29) is 10.8 Å². The summed E-state index contributed by atoms with van der Waals surface area (Å²) in [6.07, 6.45) is 0. The summed E-state index contributed by atoms with van der Waals surface area (Å²) in [5.74, 6) is 0. The van der Waals surface area contributed by atoms with Crippen molar-refractivity contribution >= 4 is 38.9 Å². The van der Waals surface area contributed by atoms with Crippen LogP contribution in [0.5, 0.6) is 0 Å². The molecule has 62 heavy (non-hydrogen) atoms. The maximum atomic E-state index is 2.45. The van der Waals surface area contributed by atoms with E-state index in [1.54, 1.807) is 0 Å². The van der Waals surface area contributed by atoms with Gasteiger partial charge >= 0.3 is 0 Å².